The van der Waals surface area contributed by atoms with Gasteiger partial charge in [0.25, 0.3) is 5.91 Å². The van der Waals surface area contributed by atoms with E-state index >= 15 is 0 Å². The topological polar surface area (TPSA) is 55.8 Å². The number of ether oxygens (including phenoxy) is 2. The van der Waals surface area contributed by atoms with Crippen molar-refractivity contribution in [3.05, 3.63) is 53.6 Å². The number of hydrogen-bond donors (Lipinski definition) is 0. The Balaban J connectivity index is 1.96. The first-order valence-corrected chi connectivity index (χ1v) is 7.34. The molecule has 118 valence electrons. The van der Waals surface area contributed by atoms with Gasteiger partial charge in [0, 0.05) is 11.1 Å². The van der Waals surface area contributed by atoms with E-state index in [9.17, 15) is 9.59 Å². The van der Waals surface area contributed by atoms with Gasteiger partial charge in [0.05, 0.1) is 19.3 Å². The van der Waals surface area contributed by atoms with Gasteiger partial charge >= 0.3 is 0 Å². The summed E-state index contributed by atoms with van der Waals surface area (Å²) in [5.74, 6) is 1.14. The van der Waals surface area contributed by atoms with Crippen molar-refractivity contribution in [2.75, 3.05) is 25.2 Å². The third kappa shape index (κ3) is 2.90. The summed E-state index contributed by atoms with van der Waals surface area (Å²) in [5, 5.41) is 0. The Morgan fingerprint density at radius 3 is 2.43 bits per heavy atom. The molecule has 2 aromatic carbocycles. The molecule has 5 heteroatoms. The highest BCUT2D eigenvalue weighted by atomic mass is 16.5. The maximum absolute atomic E-state index is 12.8. The lowest BCUT2D eigenvalue weighted by Gasteiger charge is -2.30. The number of methoxy groups -OCH3 is 1. The first-order chi connectivity index (χ1) is 11.1. The van der Waals surface area contributed by atoms with Crippen LogP contribution in [0.4, 0.5) is 5.69 Å². The van der Waals surface area contributed by atoms with Crippen LogP contribution in [0.2, 0.25) is 0 Å². The van der Waals surface area contributed by atoms with Crippen LogP contribution in [0.25, 0.3) is 0 Å². The number of benzene rings is 2. The van der Waals surface area contributed by atoms with E-state index in [1.165, 1.54) is 6.92 Å². The van der Waals surface area contributed by atoms with Gasteiger partial charge in [-0.15, -0.1) is 0 Å². The van der Waals surface area contributed by atoms with E-state index in [2.05, 4.69) is 0 Å². The van der Waals surface area contributed by atoms with Crippen LogP contribution in [-0.4, -0.2) is 32.0 Å². The average Bonchev–Trinajstić information content (AvgIpc) is 2.60. The molecule has 0 spiro atoms. The second-order valence-electron chi connectivity index (χ2n) is 5.27. The summed E-state index contributed by atoms with van der Waals surface area (Å²) >= 11 is 0. The molecular formula is C18H17NO4. The predicted molar refractivity (Wildman–Crippen MR) is 86.6 cm³/mol. The number of nitrogens with zero attached hydrogens (tertiary/aromatic N) is 1. The molecule has 0 radical (unpaired) electrons. The fourth-order valence-corrected chi connectivity index (χ4v) is 2.54. The van der Waals surface area contributed by atoms with Crippen LogP contribution in [0.1, 0.15) is 27.6 Å². The fourth-order valence-electron chi connectivity index (χ4n) is 2.54. The van der Waals surface area contributed by atoms with Gasteiger partial charge in [-0.05, 0) is 49.4 Å². The minimum atomic E-state index is -0.127. The third-order valence-corrected chi connectivity index (χ3v) is 3.81. The number of carbonyl (C=O) groups is 2. The molecule has 23 heavy (non-hydrogen) atoms. The zero-order valence-corrected chi connectivity index (χ0v) is 13.0. The van der Waals surface area contributed by atoms with Gasteiger partial charge < -0.3 is 14.4 Å². The number of carbonyl (C=O) groups excluding carboxylic acids is 2. The van der Waals surface area contributed by atoms with Crippen LogP contribution in [0.15, 0.2) is 42.5 Å². The molecule has 0 unspecified atom stereocenters. The molecule has 2 aromatic rings. The van der Waals surface area contributed by atoms with Crippen molar-refractivity contribution in [2.24, 2.45) is 0 Å². The van der Waals surface area contributed by atoms with Gasteiger partial charge in [-0.1, -0.05) is 0 Å². The first-order valence-electron chi connectivity index (χ1n) is 7.34. The molecule has 0 fully saturated rings. The standard InChI is InChI=1S/C18H17NO4/c1-12(20)14-5-8-17-16(11-14)19(9-10-23-17)18(21)13-3-6-15(22-2)7-4-13/h3-8,11H,9-10H2,1-2H3. The van der Waals surface area contributed by atoms with Crippen LogP contribution >= 0.6 is 0 Å². The van der Waals surface area contributed by atoms with E-state index in [-0.39, 0.29) is 11.7 Å². The van der Waals surface area contributed by atoms with Crippen molar-refractivity contribution < 1.29 is 19.1 Å². The van der Waals surface area contributed by atoms with Crippen molar-refractivity contribution in [1.29, 1.82) is 0 Å². The number of anilines is 1. The number of hydrogen-bond acceptors (Lipinski definition) is 4. The van der Waals surface area contributed by atoms with Gasteiger partial charge in [-0.2, -0.15) is 0 Å². The molecule has 0 bridgehead atoms. The quantitative estimate of drug-likeness (QED) is 0.818. The van der Waals surface area contributed by atoms with E-state index in [4.69, 9.17) is 9.47 Å². The highest BCUT2D eigenvalue weighted by Crippen LogP contribution is 2.33. The normalized spacial score (nSPS) is 13.0. The van der Waals surface area contributed by atoms with E-state index in [1.54, 1.807) is 54.5 Å². The summed E-state index contributed by atoms with van der Waals surface area (Å²) in [6.45, 7) is 2.37. The zero-order chi connectivity index (χ0) is 16.4. The summed E-state index contributed by atoms with van der Waals surface area (Å²) < 4.78 is 10.7. The molecular weight excluding hydrogens is 294 g/mol. The maximum Gasteiger partial charge on any atom is 0.258 e. The predicted octanol–water partition coefficient (Wildman–Crippen LogP) is 2.94. The first kappa shape index (κ1) is 15.1. The van der Waals surface area contributed by atoms with E-state index in [0.29, 0.717) is 41.5 Å². The molecule has 0 saturated heterocycles. The summed E-state index contributed by atoms with van der Waals surface area (Å²) in [5.41, 5.74) is 1.75. The monoisotopic (exact) mass is 311 g/mol. The molecule has 0 N–H and O–H groups in total. The van der Waals surface area contributed by atoms with Crippen molar-refractivity contribution in [3.8, 4) is 11.5 Å². The highest BCUT2D eigenvalue weighted by molar-refractivity contribution is 6.08. The van der Waals surface area contributed by atoms with Gasteiger partial charge in [0.15, 0.2) is 5.78 Å². The Bertz CT molecular complexity index is 752. The summed E-state index contributed by atoms with van der Waals surface area (Å²) in [7, 11) is 1.58. The number of Topliss-reactive ketones (excluding diaryl/α,β-unsaturated/α-hetero) is 1. The Kier molecular flexibility index (Phi) is 4.02. The highest BCUT2D eigenvalue weighted by Gasteiger charge is 2.25. The average molecular weight is 311 g/mol. The lowest BCUT2D eigenvalue weighted by atomic mass is 10.1. The van der Waals surface area contributed by atoms with Gasteiger partial charge in [-0.3, -0.25) is 9.59 Å². The largest absolute Gasteiger partial charge is 0.497 e. The van der Waals surface area contributed by atoms with Crippen LogP contribution in [0.3, 0.4) is 0 Å². The number of rotatable bonds is 3. The number of ketones is 1. The molecule has 1 heterocycles. The van der Waals surface area contributed by atoms with Crippen molar-refractivity contribution in [3.63, 3.8) is 0 Å². The number of amides is 1. The fraction of sp³-hybridized carbons (Fsp3) is 0.222. The second-order valence-corrected chi connectivity index (χ2v) is 5.27. The molecule has 3 rings (SSSR count). The SMILES string of the molecule is COc1ccc(C(=O)N2CCOc3ccc(C(C)=O)cc32)cc1. The second kappa shape index (κ2) is 6.12. The van der Waals surface area contributed by atoms with Gasteiger partial charge in [0.1, 0.15) is 18.1 Å². The van der Waals surface area contributed by atoms with Crippen molar-refractivity contribution >= 4 is 17.4 Å². The summed E-state index contributed by atoms with van der Waals surface area (Å²) in [6.07, 6.45) is 0. The molecule has 1 aliphatic rings. The summed E-state index contributed by atoms with van der Waals surface area (Å²) in [6, 6.07) is 12.1. The smallest absolute Gasteiger partial charge is 0.258 e. The zero-order valence-electron chi connectivity index (χ0n) is 13.0. The van der Waals surface area contributed by atoms with Crippen LogP contribution < -0.4 is 14.4 Å². The van der Waals surface area contributed by atoms with E-state index < -0.39 is 0 Å². The molecule has 0 atom stereocenters. The Morgan fingerprint density at radius 1 is 1.09 bits per heavy atom. The minimum absolute atomic E-state index is 0.0461. The van der Waals surface area contributed by atoms with Gasteiger partial charge in [-0.25, -0.2) is 0 Å². The van der Waals surface area contributed by atoms with Gasteiger partial charge in [0.2, 0.25) is 0 Å². The van der Waals surface area contributed by atoms with Crippen LogP contribution in [0, 0.1) is 0 Å². The number of fused-ring (bicyclic) bond motifs is 1. The van der Waals surface area contributed by atoms with Crippen LogP contribution in [-0.2, 0) is 0 Å². The van der Waals surface area contributed by atoms with Crippen molar-refractivity contribution in [2.45, 2.75) is 6.92 Å². The van der Waals surface area contributed by atoms with E-state index in [0.717, 1.165) is 0 Å². The molecule has 0 saturated carbocycles. The lowest BCUT2D eigenvalue weighted by Crippen LogP contribution is -2.38. The molecule has 1 amide bonds. The Labute approximate surface area is 134 Å². The van der Waals surface area contributed by atoms with E-state index in [1.807, 2.05) is 0 Å². The Morgan fingerprint density at radius 2 is 1.78 bits per heavy atom. The maximum atomic E-state index is 12.8. The van der Waals surface area contributed by atoms with Crippen LogP contribution in [0.5, 0.6) is 11.5 Å². The molecule has 1 aliphatic heterocycles. The van der Waals surface area contributed by atoms with Crippen molar-refractivity contribution in [1.82, 2.24) is 0 Å². The minimum Gasteiger partial charge on any atom is -0.497 e. The third-order valence-electron chi connectivity index (χ3n) is 3.81. The molecule has 0 aliphatic carbocycles. The molecule has 0 aromatic heterocycles. The lowest BCUT2D eigenvalue weighted by molar-refractivity contribution is 0.0973. The Hall–Kier alpha value is -2.82. The summed E-state index contributed by atoms with van der Waals surface area (Å²) in [4.78, 5) is 26.0. The molecule has 5 nitrogen and oxygen atoms in total.